The van der Waals surface area contributed by atoms with Gasteiger partial charge in [-0.2, -0.15) is 0 Å². The van der Waals surface area contributed by atoms with E-state index in [0.717, 1.165) is 6.42 Å². The average Bonchev–Trinajstić information content (AvgIpc) is 2.63. The number of hydrogen-bond acceptors (Lipinski definition) is 2. The van der Waals surface area contributed by atoms with Crippen LogP contribution in [0.2, 0.25) is 0 Å². The zero-order chi connectivity index (χ0) is 18.4. The molecule has 0 aromatic heterocycles. The minimum atomic E-state index is -0.319. The van der Waals surface area contributed by atoms with Crippen LogP contribution in [0, 0.1) is 0 Å². The molecule has 0 unspecified atom stereocenters. The Morgan fingerprint density at radius 3 is 1.68 bits per heavy atom. The summed E-state index contributed by atoms with van der Waals surface area (Å²) in [5.41, 5.74) is 0. The maximum atomic E-state index is 10.8. The van der Waals surface area contributed by atoms with Gasteiger partial charge in [-0.05, 0) is 12.8 Å². The summed E-state index contributed by atoms with van der Waals surface area (Å²) in [7, 11) is 1.38. The molecule has 0 aliphatic rings. The fourth-order valence-corrected chi connectivity index (χ4v) is 2.79. The van der Waals surface area contributed by atoms with Gasteiger partial charge in [0.2, 0.25) is 0 Å². The third-order valence-corrected chi connectivity index (χ3v) is 4.38. The number of ether oxygens (including phenoxy) is 1. The average molecular weight is 349 g/mol. The van der Waals surface area contributed by atoms with E-state index in [2.05, 4.69) is 17.7 Å². The first kappa shape index (κ1) is 23.7. The van der Waals surface area contributed by atoms with E-state index in [0.29, 0.717) is 0 Å². The van der Waals surface area contributed by atoms with Crippen LogP contribution >= 0.6 is 0 Å². The molecule has 0 aromatic rings. The van der Waals surface area contributed by atoms with Gasteiger partial charge in [-0.3, -0.25) is 0 Å². The molecule has 144 valence electrons. The van der Waals surface area contributed by atoms with Crippen LogP contribution in [0.3, 0.4) is 0 Å². The van der Waals surface area contributed by atoms with E-state index in [1.54, 1.807) is 6.08 Å². The molecule has 0 saturated carbocycles. The molecule has 0 bridgehead atoms. The molecule has 0 radical (unpaired) electrons. The standard InChI is InChI=1S/C23H40O2/c1-3-4-5-6-7-8-9-10-11-12-13-14-15-16-17-18-19-20-21-22-23(24)25-2/h17-22H,3-16H2,1-2H3/b18-17+,20-19+,22-21+. The number of carbonyl (C=O) groups excluding carboxylic acids is 1. The monoisotopic (exact) mass is 348 g/mol. The molecular formula is C23H40O2. The molecule has 0 fully saturated rings. The van der Waals surface area contributed by atoms with Crippen molar-refractivity contribution < 1.29 is 9.53 Å². The van der Waals surface area contributed by atoms with Crippen molar-refractivity contribution in [3.63, 3.8) is 0 Å². The number of esters is 1. The van der Waals surface area contributed by atoms with Gasteiger partial charge in [-0.15, -0.1) is 0 Å². The van der Waals surface area contributed by atoms with Crippen LogP contribution in [-0.4, -0.2) is 13.1 Å². The number of allylic oxidation sites excluding steroid dienone is 5. The molecule has 0 aliphatic heterocycles. The lowest BCUT2D eigenvalue weighted by molar-refractivity contribution is -0.134. The summed E-state index contributed by atoms with van der Waals surface area (Å²) in [6.07, 6.45) is 30.5. The minimum Gasteiger partial charge on any atom is -0.466 e. The Balaban J connectivity index is 3.23. The van der Waals surface area contributed by atoms with Crippen LogP contribution in [0.4, 0.5) is 0 Å². The maximum Gasteiger partial charge on any atom is 0.330 e. The van der Waals surface area contributed by atoms with Gasteiger partial charge >= 0.3 is 5.97 Å². The van der Waals surface area contributed by atoms with E-state index in [-0.39, 0.29) is 5.97 Å². The zero-order valence-corrected chi connectivity index (χ0v) is 16.7. The largest absolute Gasteiger partial charge is 0.466 e. The molecule has 0 N–H and O–H groups in total. The minimum absolute atomic E-state index is 0.319. The lowest BCUT2D eigenvalue weighted by atomic mass is 10.0. The number of hydrogen-bond donors (Lipinski definition) is 0. The Hall–Kier alpha value is -1.31. The molecule has 0 atom stereocenters. The molecular weight excluding hydrogens is 308 g/mol. The topological polar surface area (TPSA) is 26.3 Å². The van der Waals surface area contributed by atoms with E-state index in [4.69, 9.17) is 0 Å². The smallest absolute Gasteiger partial charge is 0.330 e. The second kappa shape index (κ2) is 20.7. The molecule has 0 aliphatic carbocycles. The summed E-state index contributed by atoms with van der Waals surface area (Å²) in [6, 6.07) is 0. The fourth-order valence-electron chi connectivity index (χ4n) is 2.79. The van der Waals surface area contributed by atoms with E-state index in [9.17, 15) is 4.79 Å². The van der Waals surface area contributed by atoms with Crippen LogP contribution in [0.25, 0.3) is 0 Å². The first-order valence-corrected chi connectivity index (χ1v) is 10.4. The lowest BCUT2D eigenvalue weighted by Crippen LogP contribution is -1.92. The van der Waals surface area contributed by atoms with Gasteiger partial charge in [0.25, 0.3) is 0 Å². The van der Waals surface area contributed by atoms with Crippen LogP contribution in [0.1, 0.15) is 96.8 Å². The first-order chi connectivity index (χ1) is 12.3. The molecule has 0 saturated heterocycles. The fraction of sp³-hybridized carbons (Fsp3) is 0.696. The summed E-state index contributed by atoms with van der Waals surface area (Å²) in [5.74, 6) is -0.319. The number of unbranched alkanes of at least 4 members (excludes halogenated alkanes) is 13. The summed E-state index contributed by atoms with van der Waals surface area (Å²) in [6.45, 7) is 2.28. The van der Waals surface area contributed by atoms with Crippen molar-refractivity contribution in [3.05, 3.63) is 36.5 Å². The second-order valence-electron chi connectivity index (χ2n) is 6.73. The summed E-state index contributed by atoms with van der Waals surface area (Å²) in [5, 5.41) is 0. The molecule has 2 nitrogen and oxygen atoms in total. The summed E-state index contributed by atoms with van der Waals surface area (Å²) < 4.78 is 4.51. The predicted octanol–water partition coefficient (Wildman–Crippen LogP) is 7.31. The number of rotatable bonds is 17. The van der Waals surface area contributed by atoms with Crippen molar-refractivity contribution in [2.75, 3.05) is 7.11 Å². The molecule has 0 aromatic carbocycles. The molecule has 0 heterocycles. The van der Waals surface area contributed by atoms with Gasteiger partial charge in [-0.1, -0.05) is 114 Å². The van der Waals surface area contributed by atoms with Gasteiger partial charge in [0.15, 0.2) is 0 Å². The molecule has 0 spiro atoms. The van der Waals surface area contributed by atoms with Gasteiger partial charge in [0.1, 0.15) is 0 Å². The Kier molecular flexibility index (Phi) is 19.6. The summed E-state index contributed by atoms with van der Waals surface area (Å²) in [4.78, 5) is 10.8. The maximum absolute atomic E-state index is 10.8. The van der Waals surface area contributed by atoms with Gasteiger partial charge in [-0.25, -0.2) is 4.79 Å². The number of carbonyl (C=O) groups is 1. The Bertz CT molecular complexity index is 366. The highest BCUT2D eigenvalue weighted by Gasteiger charge is 1.93. The van der Waals surface area contributed by atoms with Gasteiger partial charge < -0.3 is 4.74 Å². The highest BCUT2D eigenvalue weighted by atomic mass is 16.5. The van der Waals surface area contributed by atoms with E-state index in [1.165, 1.54) is 96.7 Å². The van der Waals surface area contributed by atoms with Crippen molar-refractivity contribution in [1.82, 2.24) is 0 Å². The molecule has 2 heteroatoms. The molecule has 0 rings (SSSR count). The SMILES string of the molecule is CCCCCCCCCCCCCCC/C=C/C=C/C=C/C(=O)OC. The van der Waals surface area contributed by atoms with Gasteiger partial charge in [0, 0.05) is 6.08 Å². The predicted molar refractivity (Wildman–Crippen MR) is 110 cm³/mol. The van der Waals surface area contributed by atoms with Gasteiger partial charge in [0.05, 0.1) is 7.11 Å². The normalized spacial score (nSPS) is 11.9. The Morgan fingerprint density at radius 2 is 1.16 bits per heavy atom. The van der Waals surface area contributed by atoms with Crippen molar-refractivity contribution in [3.8, 4) is 0 Å². The van der Waals surface area contributed by atoms with Crippen molar-refractivity contribution in [1.29, 1.82) is 0 Å². The van der Waals surface area contributed by atoms with Crippen LogP contribution in [0.5, 0.6) is 0 Å². The Morgan fingerprint density at radius 1 is 0.680 bits per heavy atom. The van der Waals surface area contributed by atoms with Crippen LogP contribution in [-0.2, 0) is 9.53 Å². The second-order valence-corrected chi connectivity index (χ2v) is 6.73. The van der Waals surface area contributed by atoms with E-state index < -0.39 is 0 Å². The van der Waals surface area contributed by atoms with E-state index >= 15 is 0 Å². The highest BCUT2D eigenvalue weighted by Crippen LogP contribution is 2.12. The van der Waals surface area contributed by atoms with E-state index in [1.807, 2.05) is 18.2 Å². The van der Waals surface area contributed by atoms with Crippen molar-refractivity contribution in [2.45, 2.75) is 96.8 Å². The third-order valence-electron chi connectivity index (χ3n) is 4.38. The van der Waals surface area contributed by atoms with Crippen LogP contribution < -0.4 is 0 Å². The summed E-state index contributed by atoms with van der Waals surface area (Å²) >= 11 is 0. The highest BCUT2D eigenvalue weighted by molar-refractivity contribution is 5.82. The van der Waals surface area contributed by atoms with Crippen molar-refractivity contribution >= 4 is 5.97 Å². The number of methoxy groups -OCH3 is 1. The molecule has 0 amide bonds. The first-order valence-electron chi connectivity index (χ1n) is 10.4. The zero-order valence-electron chi connectivity index (χ0n) is 16.7. The Labute approximate surface area is 156 Å². The lowest BCUT2D eigenvalue weighted by Gasteiger charge is -2.02. The third kappa shape index (κ3) is 20.6. The quantitative estimate of drug-likeness (QED) is 0.119. The molecule has 25 heavy (non-hydrogen) atoms. The van der Waals surface area contributed by atoms with Crippen LogP contribution in [0.15, 0.2) is 36.5 Å². The van der Waals surface area contributed by atoms with Crippen molar-refractivity contribution in [2.24, 2.45) is 0 Å².